The number of carbonyl (C=O) groups is 1. The highest BCUT2D eigenvalue weighted by molar-refractivity contribution is 7.92. The Bertz CT molecular complexity index is 884. The van der Waals surface area contributed by atoms with Crippen molar-refractivity contribution in [3.63, 3.8) is 0 Å². The number of carbonyl (C=O) groups excluding carboxylic acids is 1. The van der Waals surface area contributed by atoms with Gasteiger partial charge >= 0.3 is 0 Å². The molecule has 5 nitrogen and oxygen atoms in total. The molecule has 0 heterocycles. The van der Waals surface area contributed by atoms with Crippen LogP contribution in [0.3, 0.4) is 0 Å². The number of benzene rings is 2. The minimum Gasteiger partial charge on any atom is -0.325 e. The standard InChI is InChI=1S/C17H16Cl2N2O3S/c1-21(25(23,24)10-9-13-5-3-2-4-6-13)12-17(22)20-14-7-8-15(18)16(19)11-14/h2-11H,12H2,1H3,(H,20,22)/b10-9+. The Morgan fingerprint density at radius 2 is 1.80 bits per heavy atom. The number of hydrogen-bond acceptors (Lipinski definition) is 3. The minimum absolute atomic E-state index is 0.297. The normalized spacial score (nSPS) is 11.8. The van der Waals surface area contributed by atoms with Crippen molar-refractivity contribution in [3.05, 3.63) is 69.5 Å². The van der Waals surface area contributed by atoms with Gasteiger partial charge in [0.25, 0.3) is 0 Å². The lowest BCUT2D eigenvalue weighted by atomic mass is 10.2. The molecule has 1 amide bonds. The molecule has 2 rings (SSSR count). The first-order valence-corrected chi connectivity index (χ1v) is 9.48. The van der Waals surface area contributed by atoms with Crippen LogP contribution in [0.1, 0.15) is 5.56 Å². The summed E-state index contributed by atoms with van der Waals surface area (Å²) in [4.78, 5) is 12.0. The molecule has 0 radical (unpaired) electrons. The second-order valence-corrected chi connectivity index (χ2v) is 7.93. The van der Waals surface area contributed by atoms with E-state index in [4.69, 9.17) is 23.2 Å². The van der Waals surface area contributed by atoms with Crippen LogP contribution < -0.4 is 5.32 Å². The lowest BCUT2D eigenvalue weighted by Crippen LogP contribution is -2.33. The highest BCUT2D eigenvalue weighted by Gasteiger charge is 2.18. The van der Waals surface area contributed by atoms with Gasteiger partial charge in [0.2, 0.25) is 15.9 Å². The molecule has 25 heavy (non-hydrogen) atoms. The van der Waals surface area contributed by atoms with E-state index in [1.165, 1.54) is 19.2 Å². The van der Waals surface area contributed by atoms with Gasteiger partial charge in [-0.15, -0.1) is 0 Å². The van der Waals surface area contributed by atoms with E-state index in [0.29, 0.717) is 15.7 Å². The number of nitrogens with one attached hydrogen (secondary N) is 1. The number of amides is 1. The Balaban J connectivity index is 1.99. The molecule has 2 aromatic carbocycles. The number of rotatable bonds is 6. The van der Waals surface area contributed by atoms with Crippen molar-refractivity contribution in [1.82, 2.24) is 4.31 Å². The maximum atomic E-state index is 12.2. The van der Waals surface area contributed by atoms with Crippen molar-refractivity contribution in [3.8, 4) is 0 Å². The van der Waals surface area contributed by atoms with Crippen LogP contribution in [0.15, 0.2) is 53.9 Å². The molecule has 0 atom stereocenters. The fourth-order valence-electron chi connectivity index (χ4n) is 1.90. The van der Waals surface area contributed by atoms with Crippen LogP contribution in [0.4, 0.5) is 5.69 Å². The SMILES string of the molecule is CN(CC(=O)Nc1ccc(Cl)c(Cl)c1)S(=O)(=O)/C=C/c1ccccc1. The van der Waals surface area contributed by atoms with Crippen LogP contribution in [-0.4, -0.2) is 32.2 Å². The molecule has 132 valence electrons. The van der Waals surface area contributed by atoms with Crippen LogP contribution in [0.25, 0.3) is 6.08 Å². The van der Waals surface area contributed by atoms with Crippen LogP contribution in [0, 0.1) is 0 Å². The van der Waals surface area contributed by atoms with E-state index < -0.39 is 15.9 Å². The molecule has 1 N–H and O–H groups in total. The summed E-state index contributed by atoms with van der Waals surface area (Å²) in [5.74, 6) is -0.488. The predicted octanol–water partition coefficient (Wildman–Crippen LogP) is 3.86. The number of likely N-dealkylation sites (N-methyl/N-ethyl adjacent to an activating group) is 1. The summed E-state index contributed by atoms with van der Waals surface area (Å²) in [7, 11) is -2.38. The van der Waals surface area contributed by atoms with Gasteiger partial charge in [-0.2, -0.15) is 4.31 Å². The summed E-state index contributed by atoms with van der Waals surface area (Å²) in [5.41, 5.74) is 1.18. The second-order valence-electron chi connectivity index (χ2n) is 5.19. The van der Waals surface area contributed by atoms with Gasteiger partial charge in [-0.3, -0.25) is 4.79 Å². The van der Waals surface area contributed by atoms with Gasteiger partial charge in [0.1, 0.15) is 0 Å². The molecule has 2 aromatic rings. The molecule has 0 saturated carbocycles. The van der Waals surface area contributed by atoms with Gasteiger partial charge in [-0.05, 0) is 29.8 Å². The molecular weight excluding hydrogens is 383 g/mol. The molecule has 0 fully saturated rings. The average molecular weight is 399 g/mol. The van der Waals surface area contributed by atoms with Crippen LogP contribution in [0.2, 0.25) is 10.0 Å². The number of halogens is 2. The van der Waals surface area contributed by atoms with Gasteiger partial charge in [0.15, 0.2) is 0 Å². The van der Waals surface area contributed by atoms with E-state index in [1.807, 2.05) is 6.07 Å². The minimum atomic E-state index is -3.72. The highest BCUT2D eigenvalue weighted by Crippen LogP contribution is 2.24. The molecule has 8 heteroatoms. The van der Waals surface area contributed by atoms with E-state index in [1.54, 1.807) is 36.4 Å². The second kappa shape index (κ2) is 8.49. The summed E-state index contributed by atoms with van der Waals surface area (Å²) < 4.78 is 25.4. The first kappa shape index (κ1) is 19.5. The number of nitrogens with zero attached hydrogens (tertiary/aromatic N) is 1. The number of anilines is 1. The van der Waals surface area contributed by atoms with Gasteiger partial charge in [-0.25, -0.2) is 8.42 Å². The Kier molecular flexibility index (Phi) is 6.61. The summed E-state index contributed by atoms with van der Waals surface area (Å²) in [6.45, 7) is -0.332. The third-order valence-corrected chi connectivity index (χ3v) is 5.45. The topological polar surface area (TPSA) is 66.5 Å². The van der Waals surface area contributed by atoms with Crippen molar-refractivity contribution in [1.29, 1.82) is 0 Å². The zero-order valence-corrected chi connectivity index (χ0v) is 15.6. The third kappa shape index (κ3) is 5.86. The highest BCUT2D eigenvalue weighted by atomic mass is 35.5. The fraction of sp³-hybridized carbons (Fsp3) is 0.118. The average Bonchev–Trinajstić information content (AvgIpc) is 2.57. The van der Waals surface area contributed by atoms with Gasteiger partial charge in [0, 0.05) is 18.1 Å². The zero-order valence-electron chi connectivity index (χ0n) is 13.3. The maximum Gasteiger partial charge on any atom is 0.239 e. The van der Waals surface area contributed by atoms with Crippen molar-refractivity contribution >= 4 is 50.9 Å². The largest absolute Gasteiger partial charge is 0.325 e. The monoisotopic (exact) mass is 398 g/mol. The summed E-state index contributed by atoms with van der Waals surface area (Å²) in [5, 5.41) is 4.30. The number of sulfonamides is 1. The van der Waals surface area contributed by atoms with Gasteiger partial charge in [-0.1, -0.05) is 53.5 Å². The van der Waals surface area contributed by atoms with Crippen molar-refractivity contribution < 1.29 is 13.2 Å². The summed E-state index contributed by atoms with van der Waals surface area (Å²) in [6, 6.07) is 13.6. The third-order valence-electron chi connectivity index (χ3n) is 3.24. The molecule has 0 saturated heterocycles. The van der Waals surface area contributed by atoms with Gasteiger partial charge < -0.3 is 5.32 Å². The lowest BCUT2D eigenvalue weighted by molar-refractivity contribution is -0.116. The van der Waals surface area contributed by atoms with E-state index in [2.05, 4.69) is 5.32 Å². The Hall–Kier alpha value is -1.86. The number of hydrogen-bond donors (Lipinski definition) is 1. The van der Waals surface area contributed by atoms with E-state index >= 15 is 0 Å². The molecule has 0 spiro atoms. The Morgan fingerprint density at radius 3 is 2.44 bits per heavy atom. The van der Waals surface area contributed by atoms with Crippen molar-refractivity contribution in [2.24, 2.45) is 0 Å². The molecular formula is C17H16Cl2N2O3S. The van der Waals surface area contributed by atoms with E-state index in [0.717, 1.165) is 15.3 Å². The first-order valence-electron chi connectivity index (χ1n) is 7.22. The molecule has 0 bridgehead atoms. The zero-order chi connectivity index (χ0) is 18.4. The van der Waals surface area contributed by atoms with Crippen LogP contribution >= 0.6 is 23.2 Å². The summed E-state index contributed by atoms with van der Waals surface area (Å²) in [6.07, 6.45) is 1.47. The quantitative estimate of drug-likeness (QED) is 0.802. The Morgan fingerprint density at radius 1 is 1.12 bits per heavy atom. The fourth-order valence-corrected chi connectivity index (χ4v) is 3.03. The molecule has 0 aliphatic carbocycles. The molecule has 0 aliphatic heterocycles. The van der Waals surface area contributed by atoms with Crippen molar-refractivity contribution in [2.45, 2.75) is 0 Å². The lowest BCUT2D eigenvalue weighted by Gasteiger charge is -2.14. The maximum absolute atomic E-state index is 12.2. The molecule has 0 unspecified atom stereocenters. The smallest absolute Gasteiger partial charge is 0.239 e. The van der Waals surface area contributed by atoms with Crippen LogP contribution in [-0.2, 0) is 14.8 Å². The summed E-state index contributed by atoms with van der Waals surface area (Å²) >= 11 is 11.7. The molecule has 0 aliphatic rings. The predicted molar refractivity (Wildman–Crippen MR) is 102 cm³/mol. The van der Waals surface area contributed by atoms with E-state index in [9.17, 15) is 13.2 Å². The Labute approximate surface area is 156 Å². The van der Waals surface area contributed by atoms with Gasteiger partial charge in [0.05, 0.1) is 16.6 Å². The molecule has 0 aromatic heterocycles. The van der Waals surface area contributed by atoms with Crippen LogP contribution in [0.5, 0.6) is 0 Å². The van der Waals surface area contributed by atoms with E-state index in [-0.39, 0.29) is 6.54 Å². The van der Waals surface area contributed by atoms with Crippen molar-refractivity contribution in [2.75, 3.05) is 18.9 Å². The first-order chi connectivity index (χ1) is 11.8.